The molecule has 4 heteroatoms. The highest BCUT2D eigenvalue weighted by atomic mass is 79.9. The number of furan rings is 1. The minimum absolute atomic E-state index is 0.0945. The molecule has 1 unspecified atom stereocenters. The second-order valence-corrected chi connectivity index (χ2v) is 6.08. The van der Waals surface area contributed by atoms with Gasteiger partial charge in [-0.3, -0.25) is 0 Å². The second kappa shape index (κ2) is 4.88. The molecule has 0 radical (unpaired) electrons. The van der Waals surface area contributed by atoms with Crippen LogP contribution in [0.25, 0.3) is 11.0 Å². The Morgan fingerprint density at radius 1 is 1.28 bits per heavy atom. The molecule has 3 aromatic rings. The van der Waals surface area contributed by atoms with Gasteiger partial charge in [0.1, 0.15) is 11.3 Å². The average Bonchev–Trinajstić information content (AvgIpc) is 2.97. The largest absolute Gasteiger partial charge is 0.458 e. The zero-order chi connectivity index (χ0) is 12.5. The van der Waals surface area contributed by atoms with Gasteiger partial charge in [-0.05, 0) is 39.5 Å². The molecular weight excluding hydrogens is 310 g/mol. The maximum atomic E-state index is 6.20. The Hall–Kier alpha value is -1.10. The molecule has 0 aliphatic carbocycles. The molecule has 0 amide bonds. The molecule has 0 fully saturated rings. The van der Waals surface area contributed by atoms with Gasteiger partial charge >= 0.3 is 0 Å². The zero-order valence-corrected chi connectivity index (χ0v) is 12.0. The summed E-state index contributed by atoms with van der Waals surface area (Å²) in [5.41, 5.74) is 7.07. The third-order valence-electron chi connectivity index (χ3n) is 2.88. The Morgan fingerprint density at radius 2 is 2.17 bits per heavy atom. The molecule has 18 heavy (non-hydrogen) atoms. The van der Waals surface area contributed by atoms with Crippen molar-refractivity contribution in [2.75, 3.05) is 0 Å². The number of halogens is 1. The molecule has 2 heterocycles. The van der Waals surface area contributed by atoms with Gasteiger partial charge in [0.15, 0.2) is 0 Å². The van der Waals surface area contributed by atoms with E-state index in [1.807, 2.05) is 30.3 Å². The van der Waals surface area contributed by atoms with Crippen LogP contribution in [-0.2, 0) is 6.42 Å². The van der Waals surface area contributed by atoms with E-state index in [9.17, 15) is 0 Å². The molecule has 2 nitrogen and oxygen atoms in total. The summed E-state index contributed by atoms with van der Waals surface area (Å²) in [7, 11) is 0. The number of fused-ring (bicyclic) bond motifs is 1. The fraction of sp³-hybridized carbons (Fsp3) is 0.143. The van der Waals surface area contributed by atoms with Gasteiger partial charge in [-0.15, -0.1) is 11.3 Å². The summed E-state index contributed by atoms with van der Waals surface area (Å²) in [6.45, 7) is 0. The monoisotopic (exact) mass is 321 g/mol. The van der Waals surface area contributed by atoms with E-state index in [0.717, 1.165) is 27.6 Å². The van der Waals surface area contributed by atoms with Gasteiger partial charge < -0.3 is 10.2 Å². The number of para-hydroxylation sites is 1. The van der Waals surface area contributed by atoms with Crippen LogP contribution >= 0.6 is 27.3 Å². The molecule has 0 spiro atoms. The van der Waals surface area contributed by atoms with Gasteiger partial charge in [-0.25, -0.2) is 0 Å². The van der Waals surface area contributed by atoms with Crippen LogP contribution in [0.2, 0.25) is 0 Å². The maximum Gasteiger partial charge on any atom is 0.148 e. The quantitative estimate of drug-likeness (QED) is 0.771. The first-order valence-electron chi connectivity index (χ1n) is 5.70. The lowest BCUT2D eigenvalue weighted by Gasteiger charge is -2.06. The Bertz CT molecular complexity index is 660. The summed E-state index contributed by atoms with van der Waals surface area (Å²) in [4.78, 5) is 1.28. The van der Waals surface area contributed by atoms with Crippen molar-refractivity contribution in [3.63, 3.8) is 0 Å². The molecule has 1 atom stereocenters. The maximum absolute atomic E-state index is 6.20. The van der Waals surface area contributed by atoms with Crippen LogP contribution < -0.4 is 5.73 Å². The summed E-state index contributed by atoms with van der Waals surface area (Å²) in [6, 6.07) is 12.1. The average molecular weight is 322 g/mol. The van der Waals surface area contributed by atoms with Gasteiger partial charge in [0.25, 0.3) is 0 Å². The summed E-state index contributed by atoms with van der Waals surface area (Å²) < 4.78 is 6.81. The predicted octanol–water partition coefficient (Wildman–Crippen LogP) is 4.50. The third-order valence-corrected chi connectivity index (χ3v) is 4.40. The first-order chi connectivity index (χ1) is 8.74. The van der Waals surface area contributed by atoms with E-state index in [0.29, 0.717) is 0 Å². The second-order valence-electron chi connectivity index (χ2n) is 4.20. The lowest BCUT2D eigenvalue weighted by atomic mass is 10.1. The van der Waals surface area contributed by atoms with Crippen LogP contribution in [0.1, 0.15) is 16.7 Å². The molecule has 0 saturated carbocycles. The molecule has 3 rings (SSSR count). The summed E-state index contributed by atoms with van der Waals surface area (Å²) in [5, 5.41) is 3.15. The predicted molar refractivity (Wildman–Crippen MR) is 78.9 cm³/mol. The Labute approximate surface area is 118 Å². The minimum Gasteiger partial charge on any atom is -0.458 e. The normalized spacial score (nSPS) is 13.0. The molecule has 2 aromatic heterocycles. The first kappa shape index (κ1) is 12.0. The summed E-state index contributed by atoms with van der Waals surface area (Å²) in [5.74, 6) is 0.838. The SMILES string of the molecule is NC(Cc1cccs1)c1cc2cccc(Br)c2o1. The Morgan fingerprint density at radius 3 is 2.89 bits per heavy atom. The van der Waals surface area contributed by atoms with Crippen LogP contribution in [0.15, 0.2) is 50.7 Å². The van der Waals surface area contributed by atoms with E-state index < -0.39 is 0 Å². The standard InChI is InChI=1S/C14H12BrNOS/c15-11-5-1-3-9-7-13(17-14(9)11)12(16)8-10-4-2-6-18-10/h1-7,12H,8,16H2. The van der Waals surface area contributed by atoms with Crippen LogP contribution in [0, 0.1) is 0 Å². The first-order valence-corrected chi connectivity index (χ1v) is 7.37. The van der Waals surface area contributed by atoms with E-state index in [4.69, 9.17) is 10.2 Å². The van der Waals surface area contributed by atoms with Crippen molar-refractivity contribution in [1.29, 1.82) is 0 Å². The number of thiophene rings is 1. The van der Waals surface area contributed by atoms with E-state index in [1.54, 1.807) is 11.3 Å². The Balaban J connectivity index is 1.92. The molecule has 0 aliphatic heterocycles. The van der Waals surface area contributed by atoms with Crippen molar-refractivity contribution in [2.24, 2.45) is 5.73 Å². The number of nitrogens with two attached hydrogens (primary N) is 1. The number of hydrogen-bond donors (Lipinski definition) is 1. The molecule has 92 valence electrons. The van der Waals surface area contributed by atoms with Crippen LogP contribution in [0.3, 0.4) is 0 Å². The van der Waals surface area contributed by atoms with E-state index in [1.165, 1.54) is 4.88 Å². The lowest BCUT2D eigenvalue weighted by Crippen LogP contribution is -2.11. The number of benzene rings is 1. The smallest absolute Gasteiger partial charge is 0.148 e. The van der Waals surface area contributed by atoms with Gasteiger partial charge in [-0.2, -0.15) is 0 Å². The molecular formula is C14H12BrNOS. The lowest BCUT2D eigenvalue weighted by molar-refractivity contribution is 0.494. The highest BCUT2D eigenvalue weighted by molar-refractivity contribution is 9.10. The summed E-state index contributed by atoms with van der Waals surface area (Å²) in [6.07, 6.45) is 0.815. The molecule has 0 saturated heterocycles. The highest BCUT2D eigenvalue weighted by Crippen LogP contribution is 2.30. The van der Waals surface area contributed by atoms with E-state index in [2.05, 4.69) is 27.4 Å². The molecule has 0 aliphatic rings. The number of rotatable bonds is 3. The topological polar surface area (TPSA) is 39.2 Å². The van der Waals surface area contributed by atoms with E-state index in [-0.39, 0.29) is 6.04 Å². The van der Waals surface area contributed by atoms with Gasteiger partial charge in [0.05, 0.1) is 10.5 Å². The van der Waals surface area contributed by atoms with Crippen molar-refractivity contribution in [3.05, 3.63) is 56.9 Å². The molecule has 2 N–H and O–H groups in total. The van der Waals surface area contributed by atoms with Crippen molar-refractivity contribution in [2.45, 2.75) is 12.5 Å². The van der Waals surface area contributed by atoms with Crippen LogP contribution in [-0.4, -0.2) is 0 Å². The molecule has 1 aromatic carbocycles. The zero-order valence-electron chi connectivity index (χ0n) is 9.60. The van der Waals surface area contributed by atoms with Crippen LogP contribution in [0.5, 0.6) is 0 Å². The van der Waals surface area contributed by atoms with Gasteiger partial charge in [0, 0.05) is 16.7 Å². The van der Waals surface area contributed by atoms with Crippen molar-refractivity contribution in [3.8, 4) is 0 Å². The van der Waals surface area contributed by atoms with Gasteiger partial charge in [-0.1, -0.05) is 18.2 Å². The fourth-order valence-corrected chi connectivity index (χ4v) is 3.20. The summed E-state index contributed by atoms with van der Waals surface area (Å²) >= 11 is 5.21. The highest BCUT2D eigenvalue weighted by Gasteiger charge is 2.14. The van der Waals surface area contributed by atoms with Crippen molar-refractivity contribution in [1.82, 2.24) is 0 Å². The van der Waals surface area contributed by atoms with Crippen molar-refractivity contribution < 1.29 is 4.42 Å². The minimum atomic E-state index is -0.0945. The van der Waals surface area contributed by atoms with Gasteiger partial charge in [0.2, 0.25) is 0 Å². The van der Waals surface area contributed by atoms with Crippen molar-refractivity contribution >= 4 is 38.2 Å². The fourth-order valence-electron chi connectivity index (χ4n) is 1.98. The molecule has 0 bridgehead atoms. The van der Waals surface area contributed by atoms with Crippen LogP contribution in [0.4, 0.5) is 0 Å². The number of hydrogen-bond acceptors (Lipinski definition) is 3. The van der Waals surface area contributed by atoms with E-state index >= 15 is 0 Å². The Kier molecular flexibility index (Phi) is 3.24. The third kappa shape index (κ3) is 2.23.